The zero-order valence-corrected chi connectivity index (χ0v) is 10.7. The molecule has 2 rings (SSSR count). The molecule has 1 unspecified atom stereocenters. The van der Waals surface area contributed by atoms with Gasteiger partial charge in [0.2, 0.25) is 0 Å². The molecule has 1 atom stereocenters. The Labute approximate surface area is 100.0 Å². The number of rotatable bonds is 5. The third-order valence-electron chi connectivity index (χ3n) is 4.14. The molecule has 2 N–H and O–H groups in total. The first-order chi connectivity index (χ1) is 7.88. The maximum atomic E-state index is 3.65. The van der Waals surface area contributed by atoms with Gasteiger partial charge < -0.3 is 15.5 Å². The molecule has 0 spiro atoms. The second-order valence-corrected chi connectivity index (χ2v) is 5.33. The van der Waals surface area contributed by atoms with Crippen LogP contribution in [0, 0.1) is 5.92 Å². The third-order valence-corrected chi connectivity index (χ3v) is 4.14. The van der Waals surface area contributed by atoms with Crippen molar-refractivity contribution in [2.24, 2.45) is 5.92 Å². The van der Waals surface area contributed by atoms with Crippen LogP contribution in [0.1, 0.15) is 32.6 Å². The Kier molecular flexibility index (Phi) is 5.07. The van der Waals surface area contributed by atoms with Crippen molar-refractivity contribution in [3.05, 3.63) is 0 Å². The monoisotopic (exact) mass is 225 g/mol. The van der Waals surface area contributed by atoms with Gasteiger partial charge in [-0.15, -0.1) is 0 Å². The summed E-state index contributed by atoms with van der Waals surface area (Å²) < 4.78 is 0. The summed E-state index contributed by atoms with van der Waals surface area (Å²) in [5.74, 6) is 0.921. The van der Waals surface area contributed by atoms with Gasteiger partial charge in [0.15, 0.2) is 0 Å². The van der Waals surface area contributed by atoms with Gasteiger partial charge in [-0.05, 0) is 64.3 Å². The highest BCUT2D eigenvalue weighted by atomic mass is 15.1. The Balaban J connectivity index is 1.53. The number of piperidine rings is 1. The van der Waals surface area contributed by atoms with Crippen LogP contribution in [0.2, 0.25) is 0 Å². The summed E-state index contributed by atoms with van der Waals surface area (Å²) >= 11 is 0. The van der Waals surface area contributed by atoms with E-state index in [1.165, 1.54) is 65.0 Å². The Morgan fingerprint density at radius 1 is 1.19 bits per heavy atom. The van der Waals surface area contributed by atoms with Crippen molar-refractivity contribution in [3.8, 4) is 0 Å². The molecule has 2 saturated heterocycles. The molecule has 3 heteroatoms. The lowest BCUT2D eigenvalue weighted by molar-refractivity contribution is 0.189. The molecular weight excluding hydrogens is 198 g/mol. The molecule has 0 aromatic carbocycles. The number of hydrogen-bond acceptors (Lipinski definition) is 3. The molecule has 0 saturated carbocycles. The van der Waals surface area contributed by atoms with Gasteiger partial charge in [-0.3, -0.25) is 0 Å². The lowest BCUT2D eigenvalue weighted by atomic mass is 9.97. The average Bonchev–Trinajstić information content (AvgIpc) is 2.83. The average molecular weight is 225 g/mol. The molecule has 0 radical (unpaired) electrons. The summed E-state index contributed by atoms with van der Waals surface area (Å²) in [4.78, 5) is 2.56. The molecular formula is C13H27N3. The van der Waals surface area contributed by atoms with Crippen LogP contribution < -0.4 is 10.6 Å². The molecule has 3 nitrogen and oxygen atoms in total. The Bertz CT molecular complexity index is 182. The van der Waals surface area contributed by atoms with Gasteiger partial charge in [0.1, 0.15) is 0 Å². The molecule has 0 bridgehead atoms. The molecule has 2 fully saturated rings. The fourth-order valence-electron chi connectivity index (χ4n) is 2.90. The van der Waals surface area contributed by atoms with Gasteiger partial charge in [-0.1, -0.05) is 6.92 Å². The molecule has 94 valence electrons. The van der Waals surface area contributed by atoms with Crippen molar-refractivity contribution >= 4 is 0 Å². The Morgan fingerprint density at radius 2 is 2.00 bits per heavy atom. The zero-order chi connectivity index (χ0) is 11.2. The molecule has 0 aromatic rings. The van der Waals surface area contributed by atoms with Crippen LogP contribution in [0.15, 0.2) is 0 Å². The third kappa shape index (κ3) is 3.72. The summed E-state index contributed by atoms with van der Waals surface area (Å²) in [6.45, 7) is 9.75. The van der Waals surface area contributed by atoms with Crippen LogP contribution in [-0.4, -0.2) is 50.2 Å². The second-order valence-electron chi connectivity index (χ2n) is 5.33. The molecule has 2 heterocycles. The van der Waals surface area contributed by atoms with E-state index in [4.69, 9.17) is 0 Å². The fraction of sp³-hybridized carbons (Fsp3) is 1.00. The Morgan fingerprint density at radius 3 is 2.62 bits per heavy atom. The minimum absolute atomic E-state index is 0.746. The van der Waals surface area contributed by atoms with Crippen LogP contribution in [0.4, 0.5) is 0 Å². The predicted octanol–water partition coefficient (Wildman–Crippen LogP) is 1.06. The molecule has 0 aliphatic carbocycles. The van der Waals surface area contributed by atoms with E-state index in [0.29, 0.717) is 0 Å². The van der Waals surface area contributed by atoms with Crippen LogP contribution in [0.3, 0.4) is 0 Å². The van der Waals surface area contributed by atoms with E-state index in [1.807, 2.05) is 0 Å². The van der Waals surface area contributed by atoms with Crippen molar-refractivity contribution in [1.82, 2.24) is 15.5 Å². The van der Waals surface area contributed by atoms with E-state index < -0.39 is 0 Å². The van der Waals surface area contributed by atoms with E-state index in [9.17, 15) is 0 Å². The van der Waals surface area contributed by atoms with E-state index in [2.05, 4.69) is 22.5 Å². The van der Waals surface area contributed by atoms with E-state index in [-0.39, 0.29) is 0 Å². The summed E-state index contributed by atoms with van der Waals surface area (Å²) in [5, 5.41) is 7.19. The standard InChI is InChI=1S/C13H27N3/c1-2-16-8-5-12(6-9-16)10-14-11-13-4-3-7-15-13/h12-15H,2-11H2,1H3. The van der Waals surface area contributed by atoms with Crippen LogP contribution >= 0.6 is 0 Å². The van der Waals surface area contributed by atoms with Gasteiger partial charge in [-0.2, -0.15) is 0 Å². The van der Waals surface area contributed by atoms with Gasteiger partial charge in [-0.25, -0.2) is 0 Å². The number of nitrogens with zero attached hydrogens (tertiary/aromatic N) is 1. The second kappa shape index (κ2) is 6.58. The molecule has 2 aliphatic heterocycles. The van der Waals surface area contributed by atoms with Crippen molar-refractivity contribution < 1.29 is 0 Å². The van der Waals surface area contributed by atoms with Crippen LogP contribution in [-0.2, 0) is 0 Å². The first-order valence-electron chi connectivity index (χ1n) is 7.05. The van der Waals surface area contributed by atoms with E-state index in [1.54, 1.807) is 0 Å². The van der Waals surface area contributed by atoms with E-state index in [0.717, 1.165) is 12.0 Å². The zero-order valence-electron chi connectivity index (χ0n) is 10.7. The molecule has 0 aromatic heterocycles. The molecule has 16 heavy (non-hydrogen) atoms. The largest absolute Gasteiger partial charge is 0.315 e. The van der Waals surface area contributed by atoms with Crippen molar-refractivity contribution in [2.75, 3.05) is 39.3 Å². The van der Waals surface area contributed by atoms with Crippen molar-refractivity contribution in [3.63, 3.8) is 0 Å². The van der Waals surface area contributed by atoms with Crippen molar-refractivity contribution in [1.29, 1.82) is 0 Å². The van der Waals surface area contributed by atoms with E-state index >= 15 is 0 Å². The summed E-state index contributed by atoms with van der Waals surface area (Å²) in [7, 11) is 0. The minimum Gasteiger partial charge on any atom is -0.315 e. The number of likely N-dealkylation sites (tertiary alicyclic amines) is 1. The quantitative estimate of drug-likeness (QED) is 0.732. The summed E-state index contributed by atoms with van der Waals surface area (Å²) in [6, 6.07) is 0.746. The SMILES string of the molecule is CCN1CCC(CNCC2CCCN2)CC1. The highest BCUT2D eigenvalue weighted by Crippen LogP contribution is 2.15. The maximum Gasteiger partial charge on any atom is 0.0192 e. The topological polar surface area (TPSA) is 27.3 Å². The number of hydrogen-bond donors (Lipinski definition) is 2. The van der Waals surface area contributed by atoms with Gasteiger partial charge in [0.05, 0.1) is 0 Å². The maximum absolute atomic E-state index is 3.65. The summed E-state index contributed by atoms with van der Waals surface area (Å²) in [5.41, 5.74) is 0. The summed E-state index contributed by atoms with van der Waals surface area (Å²) in [6.07, 6.45) is 5.50. The van der Waals surface area contributed by atoms with Crippen LogP contribution in [0.5, 0.6) is 0 Å². The van der Waals surface area contributed by atoms with Crippen LogP contribution in [0.25, 0.3) is 0 Å². The normalized spacial score (nSPS) is 28.7. The van der Waals surface area contributed by atoms with Gasteiger partial charge in [0.25, 0.3) is 0 Å². The Hall–Kier alpha value is -0.120. The smallest absolute Gasteiger partial charge is 0.0192 e. The van der Waals surface area contributed by atoms with Gasteiger partial charge in [0, 0.05) is 12.6 Å². The predicted molar refractivity (Wildman–Crippen MR) is 68.7 cm³/mol. The molecule has 0 amide bonds. The van der Waals surface area contributed by atoms with Gasteiger partial charge >= 0.3 is 0 Å². The lowest BCUT2D eigenvalue weighted by Gasteiger charge is -2.31. The highest BCUT2D eigenvalue weighted by molar-refractivity contribution is 4.78. The minimum atomic E-state index is 0.746. The molecule has 2 aliphatic rings. The first-order valence-corrected chi connectivity index (χ1v) is 7.05. The highest BCUT2D eigenvalue weighted by Gasteiger charge is 2.18. The lowest BCUT2D eigenvalue weighted by Crippen LogP contribution is -2.40. The fourth-order valence-corrected chi connectivity index (χ4v) is 2.90. The van der Waals surface area contributed by atoms with Crippen molar-refractivity contribution in [2.45, 2.75) is 38.6 Å². The number of nitrogens with one attached hydrogen (secondary N) is 2. The first kappa shape index (κ1) is 12.3.